The molecule has 96 valence electrons. The Morgan fingerprint density at radius 1 is 1.16 bits per heavy atom. The van der Waals surface area contributed by atoms with Crippen molar-refractivity contribution >= 4 is 28.9 Å². The minimum absolute atomic E-state index is 0.0753. The Kier molecular flexibility index (Phi) is 3.77. The van der Waals surface area contributed by atoms with Crippen LogP contribution in [0.5, 0.6) is 0 Å². The molecule has 0 spiro atoms. The highest BCUT2D eigenvalue weighted by Gasteiger charge is 2.16. The van der Waals surface area contributed by atoms with Crippen molar-refractivity contribution in [1.82, 2.24) is 0 Å². The molecule has 0 unspecified atom stereocenters. The number of rotatable bonds is 3. The van der Waals surface area contributed by atoms with E-state index in [-0.39, 0.29) is 11.4 Å². The van der Waals surface area contributed by atoms with Gasteiger partial charge in [0.05, 0.1) is 4.92 Å². The molecule has 19 heavy (non-hydrogen) atoms. The molecule has 0 aromatic heterocycles. The van der Waals surface area contributed by atoms with Gasteiger partial charge in [-0.1, -0.05) is 29.8 Å². The summed E-state index contributed by atoms with van der Waals surface area (Å²) in [4.78, 5) is 22.2. The van der Waals surface area contributed by atoms with Gasteiger partial charge in [-0.25, -0.2) is 0 Å². The van der Waals surface area contributed by atoms with Crippen molar-refractivity contribution in [2.24, 2.45) is 0 Å². The fraction of sp³-hybridized carbons (Fsp3) is 0. The number of anilines is 1. The van der Waals surface area contributed by atoms with Gasteiger partial charge in [0.2, 0.25) is 0 Å². The average molecular weight is 277 g/mol. The van der Waals surface area contributed by atoms with Gasteiger partial charge in [-0.15, -0.1) is 0 Å². The van der Waals surface area contributed by atoms with Gasteiger partial charge in [0.1, 0.15) is 5.69 Å². The lowest BCUT2D eigenvalue weighted by Gasteiger charge is -2.06. The number of carbonyl (C=O) groups excluding carboxylic acids is 1. The average Bonchev–Trinajstić information content (AvgIpc) is 2.39. The molecule has 0 aliphatic heterocycles. The number of nitro groups is 1. The molecule has 0 aliphatic rings. The van der Waals surface area contributed by atoms with E-state index in [1.807, 2.05) is 0 Å². The monoisotopic (exact) mass is 276 g/mol. The number of nitro benzene ring substituents is 1. The molecule has 2 aromatic rings. The fourth-order valence-electron chi connectivity index (χ4n) is 1.55. The van der Waals surface area contributed by atoms with Crippen molar-refractivity contribution in [2.75, 3.05) is 5.32 Å². The van der Waals surface area contributed by atoms with Crippen molar-refractivity contribution < 1.29 is 9.72 Å². The van der Waals surface area contributed by atoms with Crippen LogP contribution < -0.4 is 5.32 Å². The highest BCUT2D eigenvalue weighted by Crippen LogP contribution is 2.27. The van der Waals surface area contributed by atoms with Gasteiger partial charge in [-0.3, -0.25) is 14.9 Å². The largest absolute Gasteiger partial charge is 0.316 e. The first kappa shape index (κ1) is 13.0. The van der Waals surface area contributed by atoms with E-state index in [4.69, 9.17) is 11.6 Å². The number of nitrogens with one attached hydrogen (secondary N) is 1. The topological polar surface area (TPSA) is 72.2 Å². The lowest BCUT2D eigenvalue weighted by molar-refractivity contribution is -0.383. The van der Waals surface area contributed by atoms with Crippen LogP contribution in [0, 0.1) is 10.1 Å². The van der Waals surface area contributed by atoms with Crippen molar-refractivity contribution in [3.63, 3.8) is 0 Å². The maximum Gasteiger partial charge on any atom is 0.292 e. The molecule has 0 aliphatic carbocycles. The SMILES string of the molecule is O=C(Nc1cc(Cl)ccc1[N+](=O)[O-])c1ccccc1. The van der Waals surface area contributed by atoms with Gasteiger partial charge in [-0.05, 0) is 24.3 Å². The standard InChI is InChI=1S/C13H9ClN2O3/c14-10-6-7-12(16(18)19)11(8-10)15-13(17)9-4-2-1-3-5-9/h1-8H,(H,15,17). The Hall–Kier alpha value is -2.40. The molecule has 1 N–H and O–H groups in total. The van der Waals surface area contributed by atoms with Crippen LogP contribution in [0.4, 0.5) is 11.4 Å². The number of halogens is 1. The van der Waals surface area contributed by atoms with Crippen LogP contribution in [-0.2, 0) is 0 Å². The summed E-state index contributed by atoms with van der Waals surface area (Å²) in [6.45, 7) is 0. The van der Waals surface area contributed by atoms with Crippen molar-refractivity contribution in [3.05, 3.63) is 69.2 Å². The first-order valence-corrected chi connectivity index (χ1v) is 5.76. The molecule has 0 fully saturated rings. The summed E-state index contributed by atoms with van der Waals surface area (Å²) >= 11 is 5.78. The number of nitrogens with zero attached hydrogens (tertiary/aromatic N) is 1. The lowest BCUT2D eigenvalue weighted by atomic mass is 10.2. The molecular formula is C13H9ClN2O3. The molecule has 2 rings (SSSR count). The number of hydrogen-bond donors (Lipinski definition) is 1. The van der Waals surface area contributed by atoms with Gasteiger partial charge in [0.15, 0.2) is 0 Å². The molecule has 1 amide bonds. The van der Waals surface area contributed by atoms with Crippen LogP contribution in [0.15, 0.2) is 48.5 Å². The van der Waals surface area contributed by atoms with E-state index in [1.54, 1.807) is 30.3 Å². The van der Waals surface area contributed by atoms with E-state index in [9.17, 15) is 14.9 Å². The lowest BCUT2D eigenvalue weighted by Crippen LogP contribution is -2.12. The quantitative estimate of drug-likeness (QED) is 0.689. The van der Waals surface area contributed by atoms with Crippen LogP contribution in [0.25, 0.3) is 0 Å². The summed E-state index contributed by atoms with van der Waals surface area (Å²) in [5, 5.41) is 13.7. The van der Waals surface area contributed by atoms with Gasteiger partial charge >= 0.3 is 0 Å². The highest BCUT2D eigenvalue weighted by atomic mass is 35.5. The normalized spacial score (nSPS) is 9.95. The van der Waals surface area contributed by atoms with Crippen LogP contribution >= 0.6 is 11.6 Å². The molecule has 0 atom stereocenters. The smallest absolute Gasteiger partial charge is 0.292 e. The molecule has 0 saturated carbocycles. The molecule has 6 heteroatoms. The van der Waals surface area contributed by atoms with Gasteiger partial charge in [0.25, 0.3) is 11.6 Å². The minimum atomic E-state index is -0.572. The van der Waals surface area contributed by atoms with E-state index in [0.717, 1.165) is 0 Å². The summed E-state index contributed by atoms with van der Waals surface area (Å²) in [7, 11) is 0. The van der Waals surface area contributed by atoms with Gasteiger partial charge in [-0.2, -0.15) is 0 Å². The van der Waals surface area contributed by atoms with Crippen molar-refractivity contribution in [3.8, 4) is 0 Å². The zero-order valence-electron chi connectivity index (χ0n) is 9.67. The number of benzene rings is 2. The summed E-state index contributed by atoms with van der Waals surface area (Å²) in [6, 6.07) is 12.4. The van der Waals surface area contributed by atoms with Crippen LogP contribution in [0.2, 0.25) is 5.02 Å². The van der Waals surface area contributed by atoms with E-state index in [1.165, 1.54) is 18.2 Å². The van der Waals surface area contributed by atoms with Gasteiger partial charge < -0.3 is 5.32 Å². The summed E-state index contributed by atoms with van der Waals surface area (Å²) in [6.07, 6.45) is 0. The summed E-state index contributed by atoms with van der Waals surface area (Å²) in [5.41, 5.74) is 0.289. The molecule has 0 bridgehead atoms. The summed E-state index contributed by atoms with van der Waals surface area (Å²) < 4.78 is 0. The Balaban J connectivity index is 2.31. The highest BCUT2D eigenvalue weighted by molar-refractivity contribution is 6.31. The molecular weight excluding hydrogens is 268 g/mol. The fourth-order valence-corrected chi connectivity index (χ4v) is 1.72. The second-order valence-corrected chi connectivity index (χ2v) is 4.18. The second kappa shape index (κ2) is 5.49. The first-order valence-electron chi connectivity index (χ1n) is 5.38. The Morgan fingerprint density at radius 3 is 2.47 bits per heavy atom. The van der Waals surface area contributed by atoms with Crippen molar-refractivity contribution in [2.45, 2.75) is 0 Å². The zero-order chi connectivity index (χ0) is 13.8. The summed E-state index contributed by atoms with van der Waals surface area (Å²) in [5.74, 6) is -0.425. The Morgan fingerprint density at radius 2 is 1.84 bits per heavy atom. The number of carbonyl (C=O) groups is 1. The van der Waals surface area contributed by atoms with Crippen molar-refractivity contribution in [1.29, 1.82) is 0 Å². The molecule has 0 saturated heterocycles. The first-order chi connectivity index (χ1) is 9.08. The molecule has 2 aromatic carbocycles. The second-order valence-electron chi connectivity index (χ2n) is 3.74. The number of amides is 1. The third-order valence-electron chi connectivity index (χ3n) is 2.44. The van der Waals surface area contributed by atoms with Crippen LogP contribution in [-0.4, -0.2) is 10.8 Å². The number of hydrogen-bond acceptors (Lipinski definition) is 3. The predicted octanol–water partition coefficient (Wildman–Crippen LogP) is 3.50. The van der Waals surface area contributed by atoms with E-state index < -0.39 is 10.8 Å². The molecule has 5 nitrogen and oxygen atoms in total. The maximum atomic E-state index is 11.9. The third-order valence-corrected chi connectivity index (χ3v) is 2.67. The van der Waals surface area contributed by atoms with E-state index >= 15 is 0 Å². The Labute approximate surface area is 114 Å². The third kappa shape index (κ3) is 3.08. The molecule has 0 heterocycles. The van der Waals surface area contributed by atoms with E-state index in [2.05, 4.69) is 5.32 Å². The molecule has 0 radical (unpaired) electrons. The zero-order valence-corrected chi connectivity index (χ0v) is 10.4. The van der Waals surface area contributed by atoms with Crippen LogP contribution in [0.3, 0.4) is 0 Å². The maximum absolute atomic E-state index is 11.9. The van der Waals surface area contributed by atoms with E-state index in [0.29, 0.717) is 10.6 Å². The Bertz CT molecular complexity index is 629. The van der Waals surface area contributed by atoms with Gasteiger partial charge in [0, 0.05) is 16.7 Å². The minimum Gasteiger partial charge on any atom is -0.316 e. The predicted molar refractivity (Wildman–Crippen MR) is 72.5 cm³/mol. The van der Waals surface area contributed by atoms with Crippen LogP contribution in [0.1, 0.15) is 10.4 Å².